The van der Waals surface area contributed by atoms with Crippen LogP contribution >= 0.6 is 11.6 Å². The summed E-state index contributed by atoms with van der Waals surface area (Å²) < 4.78 is 1.80. The van der Waals surface area contributed by atoms with E-state index in [0.717, 1.165) is 25.2 Å². The van der Waals surface area contributed by atoms with Crippen molar-refractivity contribution in [3.63, 3.8) is 0 Å². The Labute approximate surface area is 108 Å². The maximum absolute atomic E-state index is 11.2. The van der Waals surface area contributed by atoms with Gasteiger partial charge in [-0.2, -0.15) is 0 Å². The molecular weight excluding hydrogens is 254 g/mol. The number of hydrogen-bond acceptors (Lipinski definition) is 3. The van der Waals surface area contributed by atoms with Crippen molar-refractivity contribution in [3.8, 4) is 0 Å². The fourth-order valence-corrected chi connectivity index (χ4v) is 2.55. The van der Waals surface area contributed by atoms with Crippen molar-refractivity contribution in [2.75, 3.05) is 6.54 Å². The van der Waals surface area contributed by atoms with Gasteiger partial charge in [0.05, 0.1) is 11.6 Å². The second-order valence-corrected chi connectivity index (χ2v) is 4.81. The number of carboxylic acid groups (broad SMARTS) is 1. The lowest BCUT2D eigenvalue weighted by atomic mass is 10.2. The highest BCUT2D eigenvalue weighted by Crippen LogP contribution is 2.26. The van der Waals surface area contributed by atoms with Crippen molar-refractivity contribution in [2.45, 2.75) is 18.9 Å². The highest BCUT2D eigenvalue weighted by molar-refractivity contribution is 6.31. The van der Waals surface area contributed by atoms with Crippen molar-refractivity contribution in [1.29, 1.82) is 0 Å². The molecule has 2 N–H and O–H groups in total. The van der Waals surface area contributed by atoms with Crippen LogP contribution in [0.5, 0.6) is 0 Å². The molecule has 0 saturated carbocycles. The van der Waals surface area contributed by atoms with Crippen molar-refractivity contribution < 1.29 is 9.90 Å². The van der Waals surface area contributed by atoms with Crippen molar-refractivity contribution >= 4 is 23.1 Å². The summed E-state index contributed by atoms with van der Waals surface area (Å²) in [4.78, 5) is 15.5. The summed E-state index contributed by atoms with van der Waals surface area (Å²) >= 11 is 5.91. The molecule has 0 aliphatic carbocycles. The Morgan fingerprint density at radius 1 is 1.61 bits per heavy atom. The predicted molar refractivity (Wildman–Crippen MR) is 67.1 cm³/mol. The molecule has 1 fully saturated rings. The van der Waals surface area contributed by atoms with Gasteiger partial charge in [0, 0.05) is 11.2 Å². The van der Waals surface area contributed by atoms with E-state index in [9.17, 15) is 9.90 Å². The molecule has 1 aliphatic heterocycles. The first-order valence-electron chi connectivity index (χ1n) is 5.81. The number of fused-ring (bicyclic) bond motifs is 1. The molecule has 0 radical (unpaired) electrons. The van der Waals surface area contributed by atoms with Crippen LogP contribution in [0.2, 0.25) is 5.02 Å². The van der Waals surface area contributed by atoms with Gasteiger partial charge in [0.2, 0.25) is 0 Å². The molecule has 18 heavy (non-hydrogen) atoms. The molecule has 6 heteroatoms. The van der Waals surface area contributed by atoms with Crippen LogP contribution in [0.3, 0.4) is 0 Å². The van der Waals surface area contributed by atoms with E-state index >= 15 is 0 Å². The van der Waals surface area contributed by atoms with E-state index in [-0.39, 0.29) is 11.7 Å². The second kappa shape index (κ2) is 4.26. The third-order valence-corrected chi connectivity index (χ3v) is 3.44. The number of rotatable bonds is 2. The van der Waals surface area contributed by atoms with Crippen LogP contribution in [0.25, 0.3) is 5.52 Å². The SMILES string of the molecule is O=C(O)c1nc(C2CCCN2)n2ccc(Cl)cc12. The zero-order chi connectivity index (χ0) is 12.7. The number of imidazole rings is 1. The number of hydrogen-bond donors (Lipinski definition) is 2. The second-order valence-electron chi connectivity index (χ2n) is 4.37. The van der Waals surface area contributed by atoms with E-state index in [1.165, 1.54) is 0 Å². The molecule has 3 heterocycles. The van der Waals surface area contributed by atoms with E-state index in [1.54, 1.807) is 22.7 Å². The van der Waals surface area contributed by atoms with Gasteiger partial charge in [-0.3, -0.25) is 0 Å². The fourth-order valence-electron chi connectivity index (χ4n) is 2.39. The smallest absolute Gasteiger partial charge is 0.356 e. The molecule has 1 aliphatic rings. The number of halogens is 1. The van der Waals surface area contributed by atoms with E-state index in [0.29, 0.717) is 10.5 Å². The standard InChI is InChI=1S/C12H12ClN3O2/c13-7-3-5-16-9(6-7)10(12(17)18)15-11(16)8-2-1-4-14-8/h3,5-6,8,14H,1-2,4H2,(H,17,18). The summed E-state index contributed by atoms with van der Waals surface area (Å²) in [5.41, 5.74) is 0.597. The Kier molecular flexibility index (Phi) is 2.72. The zero-order valence-electron chi connectivity index (χ0n) is 9.56. The molecule has 1 unspecified atom stereocenters. The summed E-state index contributed by atoms with van der Waals surface area (Å²) in [6.45, 7) is 0.940. The Morgan fingerprint density at radius 3 is 3.11 bits per heavy atom. The summed E-state index contributed by atoms with van der Waals surface area (Å²) in [7, 11) is 0. The summed E-state index contributed by atoms with van der Waals surface area (Å²) in [6, 6.07) is 3.49. The minimum Gasteiger partial charge on any atom is -0.476 e. The largest absolute Gasteiger partial charge is 0.476 e. The average Bonchev–Trinajstić information content (AvgIpc) is 2.93. The number of aromatic nitrogens is 2. The lowest BCUT2D eigenvalue weighted by Crippen LogP contribution is -2.15. The van der Waals surface area contributed by atoms with Gasteiger partial charge >= 0.3 is 5.97 Å². The summed E-state index contributed by atoms with van der Waals surface area (Å²) in [6.07, 6.45) is 3.82. The number of pyridine rings is 1. The molecule has 5 nitrogen and oxygen atoms in total. The van der Waals surface area contributed by atoms with E-state index in [4.69, 9.17) is 11.6 Å². The number of nitrogens with zero attached hydrogens (tertiary/aromatic N) is 2. The Balaban J connectivity index is 2.22. The summed E-state index contributed by atoms with van der Waals surface area (Å²) in [5, 5.41) is 13.0. The van der Waals surface area contributed by atoms with Gasteiger partial charge < -0.3 is 14.8 Å². The van der Waals surface area contributed by atoms with Crippen molar-refractivity contribution in [2.24, 2.45) is 0 Å². The van der Waals surface area contributed by atoms with Gasteiger partial charge in [0.15, 0.2) is 5.69 Å². The molecule has 1 saturated heterocycles. The fraction of sp³-hybridized carbons (Fsp3) is 0.333. The first kappa shape index (κ1) is 11.5. The third kappa shape index (κ3) is 1.76. The molecule has 0 aromatic carbocycles. The molecule has 2 aromatic heterocycles. The number of nitrogens with one attached hydrogen (secondary N) is 1. The molecule has 3 rings (SSSR count). The minimum absolute atomic E-state index is 0.0567. The quantitative estimate of drug-likeness (QED) is 0.873. The lowest BCUT2D eigenvalue weighted by Gasteiger charge is -2.08. The highest BCUT2D eigenvalue weighted by atomic mass is 35.5. The predicted octanol–water partition coefficient (Wildman–Crippen LogP) is 2.11. The van der Waals surface area contributed by atoms with Crippen LogP contribution in [-0.2, 0) is 0 Å². The van der Waals surface area contributed by atoms with Gasteiger partial charge in [0.25, 0.3) is 0 Å². The average molecular weight is 266 g/mol. The van der Waals surface area contributed by atoms with Crippen molar-refractivity contribution in [1.82, 2.24) is 14.7 Å². The van der Waals surface area contributed by atoms with Gasteiger partial charge in [-0.1, -0.05) is 11.6 Å². The molecule has 94 valence electrons. The first-order chi connectivity index (χ1) is 8.66. The molecule has 0 bridgehead atoms. The van der Waals surface area contributed by atoms with Crippen LogP contribution < -0.4 is 5.32 Å². The van der Waals surface area contributed by atoms with Crippen LogP contribution in [0, 0.1) is 0 Å². The topological polar surface area (TPSA) is 66.6 Å². The van der Waals surface area contributed by atoms with Crippen LogP contribution in [0.15, 0.2) is 18.3 Å². The van der Waals surface area contributed by atoms with E-state index < -0.39 is 5.97 Å². The zero-order valence-corrected chi connectivity index (χ0v) is 10.3. The Morgan fingerprint density at radius 2 is 2.44 bits per heavy atom. The highest BCUT2D eigenvalue weighted by Gasteiger charge is 2.24. The van der Waals surface area contributed by atoms with Crippen molar-refractivity contribution in [3.05, 3.63) is 34.9 Å². The van der Waals surface area contributed by atoms with Gasteiger partial charge in [-0.15, -0.1) is 0 Å². The number of aromatic carboxylic acids is 1. The maximum atomic E-state index is 11.2. The molecular formula is C12H12ClN3O2. The van der Waals surface area contributed by atoms with Crippen LogP contribution in [0.4, 0.5) is 0 Å². The number of carboxylic acids is 1. The Bertz CT molecular complexity index is 617. The van der Waals surface area contributed by atoms with Crippen LogP contribution in [0.1, 0.15) is 35.2 Å². The lowest BCUT2D eigenvalue weighted by molar-refractivity contribution is 0.0693. The molecule has 0 spiro atoms. The number of carbonyl (C=O) groups is 1. The molecule has 1 atom stereocenters. The third-order valence-electron chi connectivity index (χ3n) is 3.21. The minimum atomic E-state index is -1.03. The van der Waals surface area contributed by atoms with Crippen LogP contribution in [-0.4, -0.2) is 27.0 Å². The monoisotopic (exact) mass is 265 g/mol. The van der Waals surface area contributed by atoms with Gasteiger partial charge in [0.1, 0.15) is 5.82 Å². The van der Waals surface area contributed by atoms with Gasteiger partial charge in [-0.25, -0.2) is 9.78 Å². The maximum Gasteiger partial charge on any atom is 0.356 e. The first-order valence-corrected chi connectivity index (χ1v) is 6.19. The molecule has 0 amide bonds. The summed E-state index contributed by atoms with van der Waals surface area (Å²) in [5.74, 6) is -0.282. The van der Waals surface area contributed by atoms with Gasteiger partial charge in [-0.05, 0) is 31.5 Å². The van der Waals surface area contributed by atoms with E-state index in [1.807, 2.05) is 0 Å². The van der Waals surface area contributed by atoms with E-state index in [2.05, 4.69) is 10.3 Å². The normalized spacial score (nSPS) is 19.5. The molecule has 2 aromatic rings. The Hall–Kier alpha value is -1.59.